The summed E-state index contributed by atoms with van der Waals surface area (Å²) in [6.07, 6.45) is 1.77. The molecule has 0 spiro atoms. The number of amides is 1. The molecule has 0 fully saturated rings. The van der Waals surface area contributed by atoms with Crippen LogP contribution >= 0.6 is 23.2 Å². The van der Waals surface area contributed by atoms with Crippen LogP contribution in [0.4, 0.5) is 5.69 Å². The summed E-state index contributed by atoms with van der Waals surface area (Å²) < 4.78 is 29.9. The van der Waals surface area contributed by atoms with Gasteiger partial charge < -0.3 is 10.1 Å². The SMILES string of the molecule is COCCCNC(=O)CCN(c1cccc(Cl)c1Cl)S(C)(=O)=O. The number of ether oxygens (including phenoxy) is 1. The topological polar surface area (TPSA) is 75.7 Å². The van der Waals surface area contributed by atoms with Gasteiger partial charge in [-0.05, 0) is 18.6 Å². The minimum Gasteiger partial charge on any atom is -0.385 e. The summed E-state index contributed by atoms with van der Waals surface area (Å²) in [4.78, 5) is 11.8. The van der Waals surface area contributed by atoms with Crippen LogP contribution in [0.1, 0.15) is 12.8 Å². The van der Waals surface area contributed by atoms with E-state index in [4.69, 9.17) is 27.9 Å². The molecule has 1 N–H and O–H groups in total. The predicted molar refractivity (Wildman–Crippen MR) is 92.8 cm³/mol. The van der Waals surface area contributed by atoms with Crippen molar-refractivity contribution in [2.24, 2.45) is 0 Å². The number of halogens is 2. The molecule has 0 heterocycles. The van der Waals surface area contributed by atoms with Crippen molar-refractivity contribution in [1.29, 1.82) is 0 Å². The van der Waals surface area contributed by atoms with E-state index in [1.807, 2.05) is 0 Å². The van der Waals surface area contributed by atoms with Crippen molar-refractivity contribution in [3.8, 4) is 0 Å². The largest absolute Gasteiger partial charge is 0.385 e. The second-order valence-electron chi connectivity index (χ2n) is 4.85. The molecule has 6 nitrogen and oxygen atoms in total. The van der Waals surface area contributed by atoms with E-state index in [1.54, 1.807) is 25.3 Å². The van der Waals surface area contributed by atoms with E-state index in [0.717, 1.165) is 10.6 Å². The van der Waals surface area contributed by atoms with Crippen LogP contribution in [-0.4, -0.2) is 47.4 Å². The van der Waals surface area contributed by atoms with Gasteiger partial charge in [-0.25, -0.2) is 8.42 Å². The molecule has 0 aliphatic heterocycles. The quantitative estimate of drug-likeness (QED) is 0.664. The highest BCUT2D eigenvalue weighted by atomic mass is 35.5. The molecule has 130 valence electrons. The van der Waals surface area contributed by atoms with E-state index in [2.05, 4.69) is 5.32 Å². The Hall–Kier alpha value is -1.02. The number of benzene rings is 1. The normalized spacial score (nSPS) is 11.3. The minimum absolute atomic E-state index is 0.0168. The molecule has 1 amide bonds. The predicted octanol–water partition coefficient (Wildman–Crippen LogP) is 2.30. The van der Waals surface area contributed by atoms with Crippen molar-refractivity contribution in [3.63, 3.8) is 0 Å². The molecule has 9 heteroatoms. The van der Waals surface area contributed by atoms with Gasteiger partial charge in [-0.3, -0.25) is 9.10 Å². The number of rotatable bonds is 9. The lowest BCUT2D eigenvalue weighted by molar-refractivity contribution is -0.120. The third-order valence-corrected chi connectivity index (χ3v) is 4.98. The molecule has 0 bridgehead atoms. The van der Waals surface area contributed by atoms with E-state index >= 15 is 0 Å². The molecule has 0 aliphatic rings. The van der Waals surface area contributed by atoms with Gasteiger partial charge in [0.15, 0.2) is 0 Å². The maximum atomic E-state index is 12.0. The third kappa shape index (κ3) is 6.55. The van der Waals surface area contributed by atoms with Crippen LogP contribution in [0, 0.1) is 0 Å². The van der Waals surface area contributed by atoms with Gasteiger partial charge in [0.05, 0.1) is 22.0 Å². The molecule has 0 aromatic heterocycles. The van der Waals surface area contributed by atoms with Crippen LogP contribution in [0.15, 0.2) is 18.2 Å². The summed E-state index contributed by atoms with van der Waals surface area (Å²) in [6.45, 7) is 1.01. The average molecular weight is 383 g/mol. The van der Waals surface area contributed by atoms with Gasteiger partial charge in [0.2, 0.25) is 15.9 Å². The van der Waals surface area contributed by atoms with Gasteiger partial charge in [-0.1, -0.05) is 29.3 Å². The van der Waals surface area contributed by atoms with Crippen LogP contribution in [0.5, 0.6) is 0 Å². The lowest BCUT2D eigenvalue weighted by atomic mass is 10.3. The molecular weight excluding hydrogens is 363 g/mol. The Morgan fingerprint density at radius 3 is 2.65 bits per heavy atom. The van der Waals surface area contributed by atoms with Gasteiger partial charge in [0, 0.05) is 33.2 Å². The van der Waals surface area contributed by atoms with E-state index < -0.39 is 10.0 Å². The number of hydrogen-bond acceptors (Lipinski definition) is 4. The Morgan fingerprint density at radius 2 is 2.04 bits per heavy atom. The lowest BCUT2D eigenvalue weighted by Gasteiger charge is -2.23. The molecule has 1 aromatic carbocycles. The number of hydrogen-bond donors (Lipinski definition) is 1. The Balaban J connectivity index is 2.74. The maximum absolute atomic E-state index is 12.0. The minimum atomic E-state index is -3.59. The fourth-order valence-corrected chi connectivity index (χ4v) is 3.27. The molecule has 23 heavy (non-hydrogen) atoms. The molecule has 0 unspecified atom stereocenters. The van der Waals surface area contributed by atoms with Crippen molar-refractivity contribution < 1.29 is 17.9 Å². The number of sulfonamides is 1. The van der Waals surface area contributed by atoms with E-state index in [-0.39, 0.29) is 34.6 Å². The smallest absolute Gasteiger partial charge is 0.232 e. The summed E-state index contributed by atoms with van der Waals surface area (Å²) >= 11 is 12.0. The van der Waals surface area contributed by atoms with Crippen molar-refractivity contribution in [3.05, 3.63) is 28.2 Å². The molecule has 0 radical (unpaired) electrons. The Morgan fingerprint density at radius 1 is 1.35 bits per heavy atom. The van der Waals surface area contributed by atoms with Crippen LogP contribution in [0.3, 0.4) is 0 Å². The Labute approximate surface area is 146 Å². The number of methoxy groups -OCH3 is 1. The zero-order valence-electron chi connectivity index (χ0n) is 13.0. The standard InChI is InChI=1S/C14H20Cl2N2O4S/c1-22-10-4-8-17-13(19)7-9-18(23(2,20)21)12-6-3-5-11(15)14(12)16/h3,5-6H,4,7-10H2,1-2H3,(H,17,19). The van der Waals surface area contributed by atoms with Crippen LogP contribution in [-0.2, 0) is 19.6 Å². The van der Waals surface area contributed by atoms with Crippen molar-refractivity contribution in [2.45, 2.75) is 12.8 Å². The van der Waals surface area contributed by atoms with Crippen molar-refractivity contribution in [1.82, 2.24) is 5.32 Å². The first-order chi connectivity index (χ1) is 10.8. The second kappa shape index (κ2) is 9.32. The zero-order valence-corrected chi connectivity index (χ0v) is 15.3. The monoisotopic (exact) mass is 382 g/mol. The highest BCUT2D eigenvalue weighted by molar-refractivity contribution is 7.92. The number of anilines is 1. The first-order valence-corrected chi connectivity index (χ1v) is 9.55. The third-order valence-electron chi connectivity index (χ3n) is 2.99. The van der Waals surface area contributed by atoms with Crippen LogP contribution in [0.25, 0.3) is 0 Å². The molecule has 1 aromatic rings. The Kier molecular flexibility index (Phi) is 8.11. The summed E-state index contributed by atoms with van der Waals surface area (Å²) in [6, 6.07) is 4.72. The summed E-state index contributed by atoms with van der Waals surface area (Å²) in [7, 11) is -2.01. The molecule has 1 rings (SSSR count). The fourth-order valence-electron chi connectivity index (χ4n) is 1.89. The number of carbonyl (C=O) groups is 1. The van der Waals surface area contributed by atoms with Crippen LogP contribution < -0.4 is 9.62 Å². The molecule has 0 atom stereocenters. The molecular formula is C14H20Cl2N2O4S. The van der Waals surface area contributed by atoms with E-state index in [0.29, 0.717) is 19.6 Å². The highest BCUT2D eigenvalue weighted by Gasteiger charge is 2.21. The first kappa shape index (κ1) is 20.0. The van der Waals surface area contributed by atoms with Gasteiger partial charge in [0.1, 0.15) is 0 Å². The lowest BCUT2D eigenvalue weighted by Crippen LogP contribution is -2.35. The summed E-state index contributed by atoms with van der Waals surface area (Å²) in [5.74, 6) is -0.243. The van der Waals surface area contributed by atoms with Gasteiger partial charge in [0.25, 0.3) is 0 Å². The van der Waals surface area contributed by atoms with E-state index in [1.165, 1.54) is 0 Å². The van der Waals surface area contributed by atoms with Gasteiger partial charge >= 0.3 is 0 Å². The fraction of sp³-hybridized carbons (Fsp3) is 0.500. The molecule has 0 aliphatic carbocycles. The number of nitrogens with one attached hydrogen (secondary N) is 1. The summed E-state index contributed by atoms with van der Waals surface area (Å²) in [5, 5.41) is 3.09. The molecule has 0 saturated heterocycles. The van der Waals surface area contributed by atoms with E-state index in [9.17, 15) is 13.2 Å². The van der Waals surface area contributed by atoms with Crippen molar-refractivity contribution >= 4 is 44.8 Å². The number of carbonyl (C=O) groups excluding carboxylic acids is 1. The zero-order chi connectivity index (χ0) is 17.5. The number of nitrogens with zero attached hydrogens (tertiary/aromatic N) is 1. The highest BCUT2D eigenvalue weighted by Crippen LogP contribution is 2.33. The average Bonchev–Trinajstić information content (AvgIpc) is 2.46. The Bertz CT molecular complexity index is 638. The van der Waals surface area contributed by atoms with Crippen molar-refractivity contribution in [2.75, 3.05) is 37.4 Å². The van der Waals surface area contributed by atoms with Gasteiger partial charge in [-0.15, -0.1) is 0 Å². The maximum Gasteiger partial charge on any atom is 0.232 e. The molecule has 0 saturated carbocycles. The van der Waals surface area contributed by atoms with Gasteiger partial charge in [-0.2, -0.15) is 0 Å². The first-order valence-electron chi connectivity index (χ1n) is 6.94. The second-order valence-corrected chi connectivity index (χ2v) is 7.55. The summed E-state index contributed by atoms with van der Waals surface area (Å²) in [5.41, 5.74) is 0.258. The van der Waals surface area contributed by atoms with Crippen LogP contribution in [0.2, 0.25) is 10.0 Å².